The molecular weight excluding hydrogens is 322 g/mol. The number of nitrogens with one attached hydrogen (secondary N) is 3. The van der Waals surface area contributed by atoms with Gasteiger partial charge in [-0.3, -0.25) is 9.48 Å². The van der Waals surface area contributed by atoms with Crippen molar-refractivity contribution in [3.8, 4) is 0 Å². The molecule has 1 aliphatic rings. The van der Waals surface area contributed by atoms with Gasteiger partial charge in [-0.2, -0.15) is 5.10 Å². The van der Waals surface area contributed by atoms with E-state index in [1.165, 1.54) is 17.3 Å². The van der Waals surface area contributed by atoms with Crippen LogP contribution in [0.4, 0.5) is 10.5 Å². The van der Waals surface area contributed by atoms with Crippen LogP contribution in [0.5, 0.6) is 0 Å². The minimum atomic E-state index is -0.329. The Bertz CT molecular complexity index is 717. The van der Waals surface area contributed by atoms with E-state index in [-0.39, 0.29) is 24.5 Å². The average Bonchev–Trinajstić information content (AvgIpc) is 3.24. The largest absolute Gasteiger partial charge is 0.467 e. The van der Waals surface area contributed by atoms with Gasteiger partial charge in [-0.15, -0.1) is 0 Å². The SMILES string of the molecule is Cn1ncc(NC(=O)NC2CCCCC2)c1C(=O)NCc1ccco1. The number of carbonyl (C=O) groups excluding carboxylic acids is 2. The number of anilines is 1. The fourth-order valence-corrected chi connectivity index (χ4v) is 3.05. The predicted molar refractivity (Wildman–Crippen MR) is 92.1 cm³/mol. The summed E-state index contributed by atoms with van der Waals surface area (Å²) in [6.45, 7) is 0.269. The first kappa shape index (κ1) is 17.1. The van der Waals surface area contributed by atoms with Crippen LogP contribution < -0.4 is 16.0 Å². The van der Waals surface area contributed by atoms with Crippen molar-refractivity contribution in [2.24, 2.45) is 7.05 Å². The van der Waals surface area contributed by atoms with Crippen molar-refractivity contribution in [1.29, 1.82) is 0 Å². The summed E-state index contributed by atoms with van der Waals surface area (Å²) >= 11 is 0. The number of rotatable bonds is 5. The van der Waals surface area contributed by atoms with Gasteiger partial charge in [0.15, 0.2) is 0 Å². The minimum Gasteiger partial charge on any atom is -0.467 e. The first-order valence-corrected chi connectivity index (χ1v) is 8.53. The van der Waals surface area contributed by atoms with Gasteiger partial charge in [0.2, 0.25) is 0 Å². The van der Waals surface area contributed by atoms with E-state index in [1.807, 2.05) is 0 Å². The molecule has 0 atom stereocenters. The predicted octanol–water partition coefficient (Wildman–Crippen LogP) is 2.40. The van der Waals surface area contributed by atoms with Crippen molar-refractivity contribution in [2.45, 2.75) is 44.7 Å². The monoisotopic (exact) mass is 345 g/mol. The lowest BCUT2D eigenvalue weighted by atomic mass is 9.96. The lowest BCUT2D eigenvalue weighted by molar-refractivity contribution is 0.0939. The van der Waals surface area contributed by atoms with Gasteiger partial charge < -0.3 is 20.4 Å². The van der Waals surface area contributed by atoms with Gasteiger partial charge >= 0.3 is 6.03 Å². The number of aromatic nitrogens is 2. The van der Waals surface area contributed by atoms with E-state index in [0.717, 1.165) is 25.7 Å². The molecule has 3 N–H and O–H groups in total. The van der Waals surface area contributed by atoms with E-state index in [1.54, 1.807) is 25.4 Å². The van der Waals surface area contributed by atoms with Gasteiger partial charge in [-0.05, 0) is 25.0 Å². The number of nitrogens with zero attached hydrogens (tertiary/aromatic N) is 2. The molecule has 0 spiro atoms. The Hall–Kier alpha value is -2.77. The zero-order valence-corrected chi connectivity index (χ0v) is 14.2. The van der Waals surface area contributed by atoms with Crippen LogP contribution >= 0.6 is 0 Å². The highest BCUT2D eigenvalue weighted by Crippen LogP contribution is 2.18. The molecular formula is C17H23N5O3. The smallest absolute Gasteiger partial charge is 0.319 e. The molecule has 2 aromatic heterocycles. The molecule has 0 unspecified atom stereocenters. The summed E-state index contributed by atoms with van der Waals surface area (Å²) in [7, 11) is 1.66. The van der Waals surface area contributed by atoms with E-state index in [0.29, 0.717) is 17.1 Å². The first-order valence-electron chi connectivity index (χ1n) is 8.53. The molecule has 2 heterocycles. The number of carbonyl (C=O) groups is 2. The van der Waals surface area contributed by atoms with Crippen LogP contribution in [0.2, 0.25) is 0 Å². The zero-order chi connectivity index (χ0) is 17.6. The van der Waals surface area contributed by atoms with E-state index in [9.17, 15) is 9.59 Å². The van der Waals surface area contributed by atoms with Crippen LogP contribution in [0.25, 0.3) is 0 Å². The Morgan fingerprint density at radius 2 is 2.12 bits per heavy atom. The van der Waals surface area contributed by atoms with Gasteiger partial charge in [0.1, 0.15) is 11.5 Å². The summed E-state index contributed by atoms with van der Waals surface area (Å²) in [5.41, 5.74) is 0.679. The van der Waals surface area contributed by atoms with Gasteiger partial charge in [-0.1, -0.05) is 19.3 Å². The van der Waals surface area contributed by atoms with Crippen LogP contribution in [0.3, 0.4) is 0 Å². The third-order valence-electron chi connectivity index (χ3n) is 4.35. The highest BCUT2D eigenvalue weighted by molar-refractivity contribution is 6.02. The molecule has 0 bridgehead atoms. The fourth-order valence-electron chi connectivity index (χ4n) is 3.05. The molecule has 25 heavy (non-hydrogen) atoms. The van der Waals surface area contributed by atoms with Crippen LogP contribution in [-0.4, -0.2) is 27.8 Å². The molecule has 1 aliphatic carbocycles. The Morgan fingerprint density at radius 1 is 1.32 bits per heavy atom. The first-order chi connectivity index (χ1) is 12.1. The van der Waals surface area contributed by atoms with Crippen molar-refractivity contribution >= 4 is 17.6 Å². The molecule has 134 valence electrons. The molecule has 0 aliphatic heterocycles. The lowest BCUT2D eigenvalue weighted by Gasteiger charge is -2.22. The number of hydrogen-bond acceptors (Lipinski definition) is 4. The second-order valence-electron chi connectivity index (χ2n) is 6.23. The standard InChI is InChI=1S/C17H23N5O3/c1-22-15(16(23)18-10-13-8-5-9-25-13)14(11-19-22)21-17(24)20-12-6-3-2-4-7-12/h5,8-9,11-12H,2-4,6-7,10H2,1H3,(H,18,23)(H2,20,21,24). The minimum absolute atomic E-state index is 0.196. The van der Waals surface area contributed by atoms with Crippen LogP contribution in [0.15, 0.2) is 29.0 Å². The zero-order valence-electron chi connectivity index (χ0n) is 14.2. The Morgan fingerprint density at radius 3 is 2.84 bits per heavy atom. The summed E-state index contributed by atoms with van der Waals surface area (Å²) in [6, 6.07) is 3.43. The van der Waals surface area contributed by atoms with E-state index >= 15 is 0 Å². The summed E-state index contributed by atoms with van der Waals surface area (Å²) in [5, 5.41) is 12.5. The van der Waals surface area contributed by atoms with Crippen molar-refractivity contribution in [3.05, 3.63) is 36.0 Å². The maximum atomic E-state index is 12.4. The quantitative estimate of drug-likeness (QED) is 0.774. The van der Waals surface area contributed by atoms with Crippen molar-refractivity contribution in [3.63, 3.8) is 0 Å². The topological polar surface area (TPSA) is 101 Å². The van der Waals surface area contributed by atoms with Gasteiger partial charge in [0, 0.05) is 13.1 Å². The summed E-state index contributed by atoms with van der Waals surface area (Å²) in [4.78, 5) is 24.6. The molecule has 8 heteroatoms. The molecule has 1 fully saturated rings. The molecule has 0 aromatic carbocycles. The van der Waals surface area contributed by atoms with E-state index in [2.05, 4.69) is 21.0 Å². The number of aryl methyl sites for hydroxylation is 1. The van der Waals surface area contributed by atoms with Gasteiger partial charge in [0.05, 0.1) is 24.7 Å². The molecule has 8 nitrogen and oxygen atoms in total. The van der Waals surface area contributed by atoms with Crippen LogP contribution in [-0.2, 0) is 13.6 Å². The fraction of sp³-hybridized carbons (Fsp3) is 0.471. The number of amides is 3. The third kappa shape index (κ3) is 4.40. The second kappa shape index (κ2) is 7.87. The molecule has 1 saturated carbocycles. The van der Waals surface area contributed by atoms with Crippen molar-refractivity contribution in [1.82, 2.24) is 20.4 Å². The summed E-state index contributed by atoms with van der Waals surface area (Å²) in [6.07, 6.45) is 8.52. The Balaban J connectivity index is 1.60. The third-order valence-corrected chi connectivity index (χ3v) is 4.35. The van der Waals surface area contributed by atoms with Crippen LogP contribution in [0.1, 0.15) is 48.4 Å². The second-order valence-corrected chi connectivity index (χ2v) is 6.23. The van der Waals surface area contributed by atoms with Crippen molar-refractivity contribution in [2.75, 3.05) is 5.32 Å². The average molecular weight is 345 g/mol. The summed E-state index contributed by atoms with van der Waals surface area (Å²) < 4.78 is 6.63. The lowest BCUT2D eigenvalue weighted by Crippen LogP contribution is -2.39. The van der Waals surface area contributed by atoms with Crippen LogP contribution in [0, 0.1) is 0 Å². The van der Waals surface area contributed by atoms with Crippen molar-refractivity contribution < 1.29 is 14.0 Å². The van der Waals surface area contributed by atoms with E-state index in [4.69, 9.17) is 4.42 Å². The maximum absolute atomic E-state index is 12.4. The maximum Gasteiger partial charge on any atom is 0.319 e. The van der Waals surface area contributed by atoms with Gasteiger partial charge in [0.25, 0.3) is 5.91 Å². The molecule has 0 radical (unpaired) electrons. The number of urea groups is 1. The molecule has 3 rings (SSSR count). The Labute approximate surface area is 146 Å². The molecule has 3 amide bonds. The number of furan rings is 1. The normalized spacial score (nSPS) is 14.9. The molecule has 0 saturated heterocycles. The highest BCUT2D eigenvalue weighted by Gasteiger charge is 2.20. The van der Waals surface area contributed by atoms with E-state index < -0.39 is 0 Å². The van der Waals surface area contributed by atoms with Gasteiger partial charge in [-0.25, -0.2) is 4.79 Å². The highest BCUT2D eigenvalue weighted by atomic mass is 16.3. The Kier molecular flexibility index (Phi) is 5.37. The molecule has 2 aromatic rings. The summed E-state index contributed by atoms with van der Waals surface area (Å²) in [5.74, 6) is 0.324. The number of hydrogen-bond donors (Lipinski definition) is 3.